The number of carbonyl (C=O) groups is 4. The van der Waals surface area contributed by atoms with Gasteiger partial charge in [-0.25, -0.2) is 0 Å². The van der Waals surface area contributed by atoms with Gasteiger partial charge in [-0.3, -0.25) is 19.2 Å². The number of benzene rings is 1. The monoisotopic (exact) mass is 707 g/mol. The minimum Gasteiger partial charge on any atom is -0.460 e. The van der Waals surface area contributed by atoms with E-state index in [1.165, 1.54) is 0 Å². The van der Waals surface area contributed by atoms with E-state index in [1.807, 2.05) is 13.0 Å². The number of rotatable bonds is 16. The van der Waals surface area contributed by atoms with Crippen LogP contribution in [-0.4, -0.2) is 88.6 Å². The van der Waals surface area contributed by atoms with Crippen molar-refractivity contribution in [1.29, 1.82) is 0 Å². The molecule has 1 spiro atoms. The third-order valence-electron chi connectivity index (χ3n) is 8.87. The van der Waals surface area contributed by atoms with Gasteiger partial charge in [-0.1, -0.05) is 51.8 Å². The summed E-state index contributed by atoms with van der Waals surface area (Å²) in [6.07, 6.45) is 4.89. The van der Waals surface area contributed by atoms with Gasteiger partial charge in [-0.2, -0.15) is 0 Å². The Morgan fingerprint density at radius 3 is 2.71 bits per heavy atom. The maximum Gasteiger partial charge on any atom is 0.312 e. The van der Waals surface area contributed by atoms with Gasteiger partial charge in [0.05, 0.1) is 35.2 Å². The van der Waals surface area contributed by atoms with Crippen LogP contribution in [-0.2, 0) is 28.7 Å². The lowest BCUT2D eigenvalue weighted by molar-refractivity contribution is -0.159. The van der Waals surface area contributed by atoms with Crippen LogP contribution in [0.1, 0.15) is 51.0 Å². The number of nitrogens with zero attached hydrogens (tertiary/aromatic N) is 2. The van der Waals surface area contributed by atoms with Crippen LogP contribution in [0.2, 0.25) is 5.02 Å². The van der Waals surface area contributed by atoms with Gasteiger partial charge in [-0.15, -0.1) is 13.2 Å². The molecule has 3 fully saturated rings. The Hall–Kier alpha value is -2.73. The lowest BCUT2D eigenvalue weighted by Gasteiger charge is -2.37. The molecule has 0 saturated carbocycles. The normalized spacial score (nSPS) is 27.2. The van der Waals surface area contributed by atoms with Crippen LogP contribution < -0.4 is 10.2 Å². The second-order valence-corrected chi connectivity index (χ2v) is 13.6. The number of anilines is 1. The number of para-hydroxylation sites is 1. The number of ether oxygens (including phenoxy) is 2. The summed E-state index contributed by atoms with van der Waals surface area (Å²) in [6.45, 7) is 11.6. The molecule has 2 N–H and O–H groups in total. The van der Waals surface area contributed by atoms with Crippen molar-refractivity contribution in [1.82, 2.24) is 10.2 Å². The number of hydrogen-bond acceptors (Lipinski definition) is 7. The molecule has 2 bridgehead atoms. The molecular weight excluding hydrogens is 666 g/mol. The molecule has 1 aromatic carbocycles. The summed E-state index contributed by atoms with van der Waals surface area (Å²) in [4.78, 5) is 57.6. The smallest absolute Gasteiger partial charge is 0.312 e. The number of aryl methyl sites for hydroxylation is 1. The first-order valence-corrected chi connectivity index (χ1v) is 16.8. The summed E-state index contributed by atoms with van der Waals surface area (Å²) in [5.74, 6) is -3.35. The number of unbranched alkanes of at least 4 members (excludes halogenated alkanes) is 2. The number of allylic oxidation sites excluding steroid dienone is 1. The fraction of sp³-hybridized carbons (Fsp3) is 0.576. The number of alkyl halides is 1. The first kappa shape index (κ1) is 35.1. The third-order valence-corrected chi connectivity index (χ3v) is 10.0. The van der Waals surface area contributed by atoms with Crippen molar-refractivity contribution in [3.63, 3.8) is 0 Å². The molecule has 45 heavy (non-hydrogen) atoms. The van der Waals surface area contributed by atoms with Gasteiger partial charge in [0.15, 0.2) is 0 Å². The number of amides is 3. The van der Waals surface area contributed by atoms with Crippen LogP contribution in [0.5, 0.6) is 0 Å². The number of aliphatic hydroxyl groups excluding tert-OH is 1. The molecule has 3 heterocycles. The number of likely N-dealkylation sites (tertiary alicyclic amines) is 1. The Balaban J connectivity index is 1.66. The Morgan fingerprint density at radius 2 is 2.04 bits per heavy atom. The second-order valence-electron chi connectivity index (χ2n) is 12.0. The zero-order valence-electron chi connectivity index (χ0n) is 25.9. The minimum atomic E-state index is -1.27. The van der Waals surface area contributed by atoms with Gasteiger partial charge >= 0.3 is 5.97 Å². The van der Waals surface area contributed by atoms with Crippen molar-refractivity contribution in [2.75, 3.05) is 31.1 Å². The number of nitrogens with one attached hydrogen (secondary N) is 1. The van der Waals surface area contributed by atoms with Crippen LogP contribution in [0.15, 0.2) is 43.5 Å². The quantitative estimate of drug-likeness (QED) is 0.115. The largest absolute Gasteiger partial charge is 0.460 e. The van der Waals surface area contributed by atoms with E-state index in [4.69, 9.17) is 21.1 Å². The molecule has 7 atom stereocenters. The number of hydrogen-bond donors (Lipinski definition) is 2. The molecular formula is C33H43BrClN3O7. The van der Waals surface area contributed by atoms with Crippen LogP contribution in [0.25, 0.3) is 0 Å². The zero-order chi connectivity index (χ0) is 32.9. The maximum atomic E-state index is 14.7. The molecule has 246 valence electrons. The molecule has 3 aliphatic heterocycles. The zero-order valence-corrected chi connectivity index (χ0v) is 28.2. The third kappa shape index (κ3) is 7.01. The summed E-state index contributed by atoms with van der Waals surface area (Å²) in [5, 5.41) is 12.5. The van der Waals surface area contributed by atoms with Crippen molar-refractivity contribution >= 4 is 56.9 Å². The minimum absolute atomic E-state index is 0.0264. The molecule has 1 unspecified atom stereocenters. The Labute approximate surface area is 278 Å². The van der Waals surface area contributed by atoms with Crippen LogP contribution in [0.4, 0.5) is 5.69 Å². The lowest BCUT2D eigenvalue weighted by Crippen LogP contribution is -2.57. The fourth-order valence-corrected chi connectivity index (χ4v) is 8.19. The molecule has 1 aromatic rings. The lowest BCUT2D eigenvalue weighted by atomic mass is 9.70. The Bertz CT molecular complexity index is 1290. The second kappa shape index (κ2) is 15.2. The molecule has 0 radical (unpaired) electrons. The molecule has 3 amide bonds. The van der Waals surface area contributed by atoms with Gasteiger partial charge in [0.25, 0.3) is 5.91 Å². The Kier molecular flexibility index (Phi) is 11.9. The highest BCUT2D eigenvalue weighted by atomic mass is 79.9. The van der Waals surface area contributed by atoms with Gasteiger partial charge in [-0.05, 0) is 57.6 Å². The van der Waals surface area contributed by atoms with E-state index in [0.29, 0.717) is 42.8 Å². The van der Waals surface area contributed by atoms with Crippen molar-refractivity contribution < 1.29 is 33.8 Å². The van der Waals surface area contributed by atoms with E-state index in [-0.39, 0.29) is 55.2 Å². The molecule has 10 nitrogen and oxygen atoms in total. The van der Waals surface area contributed by atoms with Crippen LogP contribution >= 0.6 is 27.5 Å². The van der Waals surface area contributed by atoms with Crippen molar-refractivity contribution in [3.05, 3.63) is 54.1 Å². The predicted molar refractivity (Wildman–Crippen MR) is 175 cm³/mol. The van der Waals surface area contributed by atoms with E-state index >= 15 is 0 Å². The van der Waals surface area contributed by atoms with Gasteiger partial charge in [0, 0.05) is 30.9 Å². The van der Waals surface area contributed by atoms with Crippen LogP contribution in [0.3, 0.4) is 0 Å². The van der Waals surface area contributed by atoms with E-state index < -0.39 is 41.7 Å². The maximum absolute atomic E-state index is 14.7. The van der Waals surface area contributed by atoms with Crippen molar-refractivity contribution in [2.24, 2.45) is 11.8 Å². The van der Waals surface area contributed by atoms with Crippen molar-refractivity contribution in [3.8, 4) is 0 Å². The number of esters is 1. The van der Waals surface area contributed by atoms with E-state index in [0.717, 1.165) is 5.56 Å². The van der Waals surface area contributed by atoms with E-state index in [2.05, 4.69) is 34.4 Å². The molecule has 3 aliphatic rings. The number of halogens is 2. The molecule has 0 aliphatic carbocycles. The van der Waals surface area contributed by atoms with E-state index in [1.54, 1.807) is 41.0 Å². The first-order valence-electron chi connectivity index (χ1n) is 15.5. The van der Waals surface area contributed by atoms with E-state index in [9.17, 15) is 24.3 Å². The highest BCUT2D eigenvalue weighted by molar-refractivity contribution is 9.09. The standard InChI is InChI=1S/C33H43BrClN3O7/c1-5-7-14-24(40)36-19-21(4)44-32(43)25-26-30(41)38(16-9-8-10-17-39)29(33(26)18-22(34)28(25)45-33)31(42)37(15-6-2)27-20(3)12-11-13-23(27)35/h5-6,11-13,21-22,25-26,28-29,39H,1-2,7-10,14-19H2,3-4H3,(H,36,40)/t21-,22?,25+,26-,28+,29+,33-/m1/s1. The fourth-order valence-electron chi connectivity index (χ4n) is 6.92. The average Bonchev–Trinajstić information content (AvgIpc) is 3.59. The molecule has 4 rings (SSSR count). The number of carbonyl (C=O) groups excluding carboxylic acids is 4. The predicted octanol–water partition coefficient (Wildman–Crippen LogP) is 4.09. The SMILES string of the molecule is C=CCCC(=O)NC[C@@H](C)OC(=O)[C@@H]1[C@H]2O[C@@]3(CC2Br)[C@H](C(=O)N(CC=C)c2c(C)cccc2Cl)N(CCCCCO)C(=O)[C@@H]13. The first-order chi connectivity index (χ1) is 21.5. The Morgan fingerprint density at radius 1 is 1.29 bits per heavy atom. The highest BCUT2D eigenvalue weighted by Crippen LogP contribution is 2.60. The van der Waals surface area contributed by atoms with Crippen LogP contribution in [0, 0.1) is 18.8 Å². The summed E-state index contributed by atoms with van der Waals surface area (Å²) in [5.41, 5.74) is 0.0387. The van der Waals surface area contributed by atoms with Gasteiger partial charge < -0.3 is 29.7 Å². The van der Waals surface area contributed by atoms with Crippen molar-refractivity contribution in [2.45, 2.75) is 81.1 Å². The summed E-state index contributed by atoms with van der Waals surface area (Å²) < 4.78 is 12.4. The van der Waals surface area contributed by atoms with Gasteiger partial charge in [0.1, 0.15) is 17.7 Å². The summed E-state index contributed by atoms with van der Waals surface area (Å²) in [6, 6.07) is 4.35. The molecule has 3 saturated heterocycles. The van der Waals surface area contributed by atoms with Gasteiger partial charge in [0.2, 0.25) is 11.8 Å². The average molecular weight is 709 g/mol. The summed E-state index contributed by atoms with van der Waals surface area (Å²) >= 11 is 10.3. The molecule has 0 aromatic heterocycles. The highest BCUT2D eigenvalue weighted by Gasteiger charge is 2.77. The topological polar surface area (TPSA) is 125 Å². The number of aliphatic hydroxyl groups is 1. The molecule has 12 heteroatoms. The number of fused-ring (bicyclic) bond motifs is 1. The summed E-state index contributed by atoms with van der Waals surface area (Å²) in [7, 11) is 0.